The van der Waals surface area contributed by atoms with E-state index >= 15 is 0 Å². The molecule has 1 amide bonds. The molecule has 0 aromatic carbocycles. The standard InChI is InChI=1S/C12H22N2O2/c1-16-9-10-3-6-14(7-4-10)12(15)11-2-5-13-8-11/h10-11,13H,2-9H2,1H3. The van der Waals surface area contributed by atoms with Crippen molar-refractivity contribution in [1.82, 2.24) is 10.2 Å². The fourth-order valence-corrected chi connectivity index (χ4v) is 2.68. The molecule has 4 nitrogen and oxygen atoms in total. The van der Waals surface area contributed by atoms with Crippen LogP contribution in [0.25, 0.3) is 0 Å². The van der Waals surface area contributed by atoms with Gasteiger partial charge in [-0.1, -0.05) is 0 Å². The molecule has 2 aliphatic rings. The summed E-state index contributed by atoms with van der Waals surface area (Å²) in [6, 6.07) is 0. The monoisotopic (exact) mass is 226 g/mol. The van der Waals surface area contributed by atoms with E-state index < -0.39 is 0 Å². The van der Waals surface area contributed by atoms with Crippen LogP contribution in [-0.2, 0) is 9.53 Å². The van der Waals surface area contributed by atoms with Gasteiger partial charge in [-0.15, -0.1) is 0 Å². The van der Waals surface area contributed by atoms with Gasteiger partial charge in [0.1, 0.15) is 0 Å². The Morgan fingerprint density at radius 3 is 2.69 bits per heavy atom. The number of ether oxygens (including phenoxy) is 1. The molecule has 0 spiro atoms. The summed E-state index contributed by atoms with van der Waals surface area (Å²) in [5.41, 5.74) is 0. The third kappa shape index (κ3) is 2.74. The largest absolute Gasteiger partial charge is 0.384 e. The lowest BCUT2D eigenvalue weighted by Gasteiger charge is -2.33. The molecule has 2 fully saturated rings. The van der Waals surface area contributed by atoms with Crippen LogP contribution in [0.4, 0.5) is 0 Å². The summed E-state index contributed by atoms with van der Waals surface area (Å²) in [7, 11) is 1.75. The number of carbonyl (C=O) groups excluding carboxylic acids is 1. The Kier molecular flexibility index (Phi) is 4.18. The summed E-state index contributed by atoms with van der Waals surface area (Å²) in [4.78, 5) is 14.2. The summed E-state index contributed by atoms with van der Waals surface area (Å²) in [5, 5.41) is 3.25. The quantitative estimate of drug-likeness (QED) is 0.761. The Labute approximate surface area is 97.3 Å². The smallest absolute Gasteiger partial charge is 0.227 e. The molecule has 0 aromatic heterocycles. The van der Waals surface area contributed by atoms with Crippen LogP contribution in [0.15, 0.2) is 0 Å². The van der Waals surface area contributed by atoms with Crippen LogP contribution in [0.1, 0.15) is 19.3 Å². The van der Waals surface area contributed by atoms with Gasteiger partial charge in [0.15, 0.2) is 0 Å². The van der Waals surface area contributed by atoms with E-state index in [4.69, 9.17) is 4.74 Å². The van der Waals surface area contributed by atoms with Gasteiger partial charge in [0, 0.05) is 33.4 Å². The maximum atomic E-state index is 12.1. The van der Waals surface area contributed by atoms with E-state index in [2.05, 4.69) is 5.32 Å². The maximum Gasteiger partial charge on any atom is 0.227 e. The number of hydrogen-bond donors (Lipinski definition) is 1. The van der Waals surface area contributed by atoms with Crippen LogP contribution < -0.4 is 5.32 Å². The van der Waals surface area contributed by atoms with Gasteiger partial charge in [0.2, 0.25) is 5.91 Å². The number of nitrogens with zero attached hydrogens (tertiary/aromatic N) is 1. The number of piperidine rings is 1. The Hall–Kier alpha value is -0.610. The van der Waals surface area contributed by atoms with E-state index in [9.17, 15) is 4.79 Å². The summed E-state index contributed by atoms with van der Waals surface area (Å²) < 4.78 is 5.16. The number of likely N-dealkylation sites (tertiary alicyclic amines) is 1. The van der Waals surface area contributed by atoms with Gasteiger partial charge in [0.05, 0.1) is 5.92 Å². The number of hydrogen-bond acceptors (Lipinski definition) is 3. The number of methoxy groups -OCH3 is 1. The minimum absolute atomic E-state index is 0.235. The van der Waals surface area contributed by atoms with Crippen molar-refractivity contribution < 1.29 is 9.53 Å². The number of nitrogens with one attached hydrogen (secondary N) is 1. The Balaban J connectivity index is 1.77. The highest BCUT2D eigenvalue weighted by Crippen LogP contribution is 2.20. The second kappa shape index (κ2) is 5.64. The first-order valence-corrected chi connectivity index (χ1v) is 6.29. The Morgan fingerprint density at radius 1 is 1.38 bits per heavy atom. The van der Waals surface area contributed by atoms with Gasteiger partial charge in [-0.2, -0.15) is 0 Å². The molecule has 0 radical (unpaired) electrons. The summed E-state index contributed by atoms with van der Waals surface area (Å²) in [6.45, 7) is 4.55. The minimum atomic E-state index is 0.235. The second-order valence-electron chi connectivity index (χ2n) is 4.91. The number of carbonyl (C=O) groups is 1. The van der Waals surface area contributed by atoms with Crippen LogP contribution in [0.2, 0.25) is 0 Å². The molecular weight excluding hydrogens is 204 g/mol. The summed E-state index contributed by atoms with van der Waals surface area (Å²) in [5.74, 6) is 1.25. The molecule has 2 saturated heterocycles. The van der Waals surface area contributed by atoms with Crippen molar-refractivity contribution in [3.05, 3.63) is 0 Å². The molecule has 0 bridgehead atoms. The minimum Gasteiger partial charge on any atom is -0.384 e. The first-order chi connectivity index (χ1) is 7.81. The first-order valence-electron chi connectivity index (χ1n) is 6.29. The molecule has 16 heavy (non-hydrogen) atoms. The van der Waals surface area contributed by atoms with E-state index in [-0.39, 0.29) is 5.92 Å². The first kappa shape index (κ1) is 11.9. The zero-order valence-corrected chi connectivity index (χ0v) is 10.1. The van der Waals surface area contributed by atoms with Gasteiger partial charge < -0.3 is 15.0 Å². The average molecular weight is 226 g/mol. The molecule has 2 aliphatic heterocycles. The Morgan fingerprint density at radius 2 is 2.12 bits per heavy atom. The van der Waals surface area contributed by atoms with Crippen molar-refractivity contribution in [2.24, 2.45) is 11.8 Å². The number of amides is 1. The second-order valence-corrected chi connectivity index (χ2v) is 4.91. The number of rotatable bonds is 3. The van der Waals surface area contributed by atoms with Crippen molar-refractivity contribution in [3.63, 3.8) is 0 Å². The van der Waals surface area contributed by atoms with Crippen molar-refractivity contribution in [2.45, 2.75) is 19.3 Å². The molecule has 2 rings (SSSR count). The molecule has 4 heteroatoms. The van der Waals surface area contributed by atoms with Crippen molar-refractivity contribution >= 4 is 5.91 Å². The van der Waals surface area contributed by atoms with E-state index in [1.54, 1.807) is 7.11 Å². The van der Waals surface area contributed by atoms with Gasteiger partial charge >= 0.3 is 0 Å². The fraction of sp³-hybridized carbons (Fsp3) is 0.917. The van der Waals surface area contributed by atoms with Gasteiger partial charge in [0.25, 0.3) is 0 Å². The molecule has 0 aliphatic carbocycles. The molecule has 1 atom stereocenters. The van der Waals surface area contributed by atoms with Gasteiger partial charge in [-0.3, -0.25) is 4.79 Å². The highest BCUT2D eigenvalue weighted by atomic mass is 16.5. The molecule has 2 heterocycles. The zero-order valence-electron chi connectivity index (χ0n) is 10.1. The molecule has 0 aromatic rings. The van der Waals surface area contributed by atoms with Crippen LogP contribution in [0.3, 0.4) is 0 Å². The summed E-state index contributed by atoms with van der Waals surface area (Å²) >= 11 is 0. The van der Waals surface area contributed by atoms with E-state index in [1.807, 2.05) is 4.90 Å². The third-order valence-corrected chi connectivity index (χ3v) is 3.74. The third-order valence-electron chi connectivity index (χ3n) is 3.74. The van der Waals surface area contributed by atoms with E-state index in [0.29, 0.717) is 11.8 Å². The molecule has 0 saturated carbocycles. The predicted octanol–water partition coefficient (Wildman–Crippen LogP) is 0.481. The van der Waals surface area contributed by atoms with Crippen LogP contribution in [0, 0.1) is 11.8 Å². The van der Waals surface area contributed by atoms with Crippen LogP contribution in [0.5, 0.6) is 0 Å². The lowest BCUT2D eigenvalue weighted by Crippen LogP contribution is -2.42. The average Bonchev–Trinajstić information content (AvgIpc) is 2.83. The fourth-order valence-electron chi connectivity index (χ4n) is 2.68. The molecule has 1 unspecified atom stereocenters. The normalized spacial score (nSPS) is 27.3. The molecular formula is C12H22N2O2. The van der Waals surface area contributed by atoms with Gasteiger partial charge in [-0.25, -0.2) is 0 Å². The summed E-state index contributed by atoms with van der Waals surface area (Å²) in [6.07, 6.45) is 3.20. The van der Waals surface area contributed by atoms with Crippen molar-refractivity contribution in [1.29, 1.82) is 0 Å². The molecule has 1 N–H and O–H groups in total. The van der Waals surface area contributed by atoms with E-state index in [1.165, 1.54) is 0 Å². The van der Waals surface area contributed by atoms with Crippen LogP contribution in [-0.4, -0.2) is 50.7 Å². The lowest BCUT2D eigenvalue weighted by molar-refractivity contribution is -0.136. The highest BCUT2D eigenvalue weighted by Gasteiger charge is 2.29. The topological polar surface area (TPSA) is 41.6 Å². The predicted molar refractivity (Wildman–Crippen MR) is 62.2 cm³/mol. The van der Waals surface area contributed by atoms with Crippen LogP contribution >= 0.6 is 0 Å². The van der Waals surface area contributed by atoms with Gasteiger partial charge in [-0.05, 0) is 31.7 Å². The molecule has 92 valence electrons. The SMILES string of the molecule is COCC1CCN(C(=O)C2CCNC2)CC1. The Bertz CT molecular complexity index is 231. The lowest BCUT2D eigenvalue weighted by atomic mass is 9.96. The van der Waals surface area contributed by atoms with E-state index in [0.717, 1.165) is 52.0 Å². The van der Waals surface area contributed by atoms with Crippen molar-refractivity contribution in [2.75, 3.05) is 39.9 Å². The van der Waals surface area contributed by atoms with Crippen molar-refractivity contribution in [3.8, 4) is 0 Å². The zero-order chi connectivity index (χ0) is 11.4. The highest BCUT2D eigenvalue weighted by molar-refractivity contribution is 5.79. The maximum absolute atomic E-state index is 12.1.